The summed E-state index contributed by atoms with van der Waals surface area (Å²) in [5.74, 6) is -2.56. The molecule has 3 aromatic rings. The average Bonchev–Trinajstić information content (AvgIpc) is 3.35. The van der Waals surface area contributed by atoms with Crippen LogP contribution in [0.4, 0.5) is 4.79 Å². The Hall–Kier alpha value is -3.91. The van der Waals surface area contributed by atoms with Crippen molar-refractivity contribution in [2.75, 3.05) is 13.1 Å². The smallest absolute Gasteiger partial charge is 0.342 e. The van der Waals surface area contributed by atoms with Crippen LogP contribution in [0.15, 0.2) is 60.7 Å². The molecule has 38 heavy (non-hydrogen) atoms. The van der Waals surface area contributed by atoms with Gasteiger partial charge in [0.05, 0.1) is 19.0 Å². The highest BCUT2D eigenvalue weighted by atomic mass is 16.4. The fourth-order valence-corrected chi connectivity index (χ4v) is 5.14. The minimum Gasteiger partial charge on any atom is -0.481 e. The van der Waals surface area contributed by atoms with Crippen LogP contribution in [0.25, 0.3) is 10.8 Å². The highest BCUT2D eigenvalue weighted by molar-refractivity contribution is 5.84. The molecule has 200 valence electrons. The number of urea groups is 1. The Morgan fingerprint density at radius 2 is 1.66 bits per heavy atom. The van der Waals surface area contributed by atoms with Crippen molar-refractivity contribution in [1.29, 1.82) is 0 Å². The number of aliphatic hydroxyl groups is 1. The van der Waals surface area contributed by atoms with Crippen LogP contribution in [0.2, 0.25) is 0 Å². The zero-order chi connectivity index (χ0) is 27.4. The van der Waals surface area contributed by atoms with E-state index < -0.39 is 36.2 Å². The number of nitrogens with zero attached hydrogens (tertiary/aromatic N) is 1. The predicted octanol–water partition coefficient (Wildman–Crippen LogP) is 4.48. The van der Waals surface area contributed by atoms with E-state index in [1.807, 2.05) is 56.3 Å². The van der Waals surface area contributed by atoms with Crippen LogP contribution < -0.4 is 5.32 Å². The number of amides is 2. The largest absolute Gasteiger partial charge is 0.481 e. The molecule has 3 aromatic carbocycles. The number of carbonyl (C=O) groups excluding carboxylic acids is 1. The average molecular weight is 519 g/mol. The summed E-state index contributed by atoms with van der Waals surface area (Å²) >= 11 is 0. The van der Waals surface area contributed by atoms with Gasteiger partial charge in [-0.15, -0.1) is 0 Å². The molecule has 0 fully saturated rings. The molecule has 1 aliphatic carbocycles. The van der Waals surface area contributed by atoms with Gasteiger partial charge in [-0.05, 0) is 64.3 Å². The summed E-state index contributed by atoms with van der Waals surface area (Å²) in [6.45, 7) is 3.45. The molecule has 4 N–H and O–H groups in total. The molecule has 8 heteroatoms. The molecule has 0 heterocycles. The Balaban J connectivity index is 1.63. The molecule has 0 spiro atoms. The van der Waals surface area contributed by atoms with Crippen LogP contribution in [-0.2, 0) is 28.0 Å². The van der Waals surface area contributed by atoms with Gasteiger partial charge in [0, 0.05) is 6.54 Å². The van der Waals surface area contributed by atoms with Crippen LogP contribution in [0.5, 0.6) is 0 Å². The van der Waals surface area contributed by atoms with Gasteiger partial charge in [-0.25, -0.2) is 9.59 Å². The molecule has 2 unspecified atom stereocenters. The summed E-state index contributed by atoms with van der Waals surface area (Å²) in [4.78, 5) is 38.9. The molecule has 0 radical (unpaired) electrons. The second-order valence-corrected chi connectivity index (χ2v) is 10.5. The third-order valence-electron chi connectivity index (χ3n) is 7.07. The Kier molecular flexibility index (Phi) is 8.02. The van der Waals surface area contributed by atoms with Crippen molar-refractivity contribution in [3.63, 3.8) is 0 Å². The highest BCUT2D eigenvalue weighted by Gasteiger charge is 2.42. The highest BCUT2D eigenvalue weighted by Crippen LogP contribution is 2.30. The van der Waals surface area contributed by atoms with E-state index in [-0.39, 0.29) is 24.4 Å². The van der Waals surface area contributed by atoms with E-state index in [1.165, 1.54) is 4.90 Å². The third kappa shape index (κ3) is 5.97. The van der Waals surface area contributed by atoms with Crippen LogP contribution in [0.3, 0.4) is 0 Å². The number of carboxylic acid groups (broad SMARTS) is 2. The second-order valence-electron chi connectivity index (χ2n) is 10.5. The van der Waals surface area contributed by atoms with E-state index in [1.54, 1.807) is 18.2 Å². The first kappa shape index (κ1) is 27.1. The predicted molar refractivity (Wildman–Crippen MR) is 144 cm³/mol. The Morgan fingerprint density at radius 1 is 0.947 bits per heavy atom. The number of benzene rings is 3. The first-order valence-electron chi connectivity index (χ1n) is 12.9. The van der Waals surface area contributed by atoms with Gasteiger partial charge >= 0.3 is 18.0 Å². The molecule has 8 nitrogen and oxygen atoms in total. The Morgan fingerprint density at radius 3 is 2.34 bits per heavy atom. The molecule has 0 aliphatic heterocycles. The monoisotopic (exact) mass is 518 g/mol. The number of rotatable bonds is 10. The van der Waals surface area contributed by atoms with E-state index in [0.717, 1.165) is 41.2 Å². The fourth-order valence-electron chi connectivity index (χ4n) is 5.14. The number of fused-ring (bicyclic) bond motifs is 2. The molecule has 0 bridgehead atoms. The lowest BCUT2D eigenvalue weighted by atomic mass is 9.90. The molecular formula is C30H34N2O6. The van der Waals surface area contributed by atoms with Crippen molar-refractivity contribution in [1.82, 2.24) is 10.2 Å². The second kappa shape index (κ2) is 11.2. The summed E-state index contributed by atoms with van der Waals surface area (Å²) in [5.41, 5.74) is 0.680. The lowest BCUT2D eigenvalue weighted by molar-refractivity contribution is -0.161. The van der Waals surface area contributed by atoms with Gasteiger partial charge < -0.3 is 25.5 Å². The molecule has 0 saturated carbocycles. The SMILES string of the molecule is CC(C)CN(CC(O)(C(=O)O)c1ccc2c(c1)CCC2)C(=O)NC(CC(=O)O)c1ccc2ccccc2c1. The van der Waals surface area contributed by atoms with Crippen molar-refractivity contribution in [2.24, 2.45) is 5.92 Å². The molecule has 2 atom stereocenters. The number of hydrogen-bond donors (Lipinski definition) is 4. The molecule has 1 aliphatic rings. The maximum absolute atomic E-state index is 13.5. The summed E-state index contributed by atoms with van der Waals surface area (Å²) in [7, 11) is 0. The van der Waals surface area contributed by atoms with E-state index in [0.29, 0.717) is 5.56 Å². The first-order valence-corrected chi connectivity index (χ1v) is 12.9. The third-order valence-corrected chi connectivity index (χ3v) is 7.07. The molecular weight excluding hydrogens is 484 g/mol. The Bertz CT molecular complexity index is 1350. The number of aliphatic carboxylic acids is 2. The lowest BCUT2D eigenvalue weighted by Crippen LogP contribution is -2.52. The van der Waals surface area contributed by atoms with E-state index >= 15 is 0 Å². The van der Waals surface area contributed by atoms with Crippen molar-refractivity contribution in [3.8, 4) is 0 Å². The van der Waals surface area contributed by atoms with Crippen LogP contribution >= 0.6 is 0 Å². The van der Waals surface area contributed by atoms with Gasteiger partial charge in [-0.2, -0.15) is 0 Å². The van der Waals surface area contributed by atoms with Crippen molar-refractivity contribution < 1.29 is 29.7 Å². The molecule has 0 saturated heterocycles. The number of aryl methyl sites for hydroxylation is 2. The van der Waals surface area contributed by atoms with Gasteiger partial charge in [-0.3, -0.25) is 4.79 Å². The van der Waals surface area contributed by atoms with E-state index in [2.05, 4.69) is 5.32 Å². The van der Waals surface area contributed by atoms with Gasteiger partial charge in [0.25, 0.3) is 0 Å². The van der Waals surface area contributed by atoms with Crippen LogP contribution in [-0.4, -0.2) is 51.3 Å². The summed E-state index contributed by atoms with van der Waals surface area (Å²) in [5, 5.41) is 35.8. The minimum atomic E-state index is -2.32. The number of nitrogens with one attached hydrogen (secondary N) is 1. The zero-order valence-electron chi connectivity index (χ0n) is 21.7. The van der Waals surface area contributed by atoms with E-state index in [9.17, 15) is 29.7 Å². The summed E-state index contributed by atoms with van der Waals surface area (Å²) < 4.78 is 0. The van der Waals surface area contributed by atoms with Crippen molar-refractivity contribution in [3.05, 3.63) is 82.9 Å². The van der Waals surface area contributed by atoms with Crippen LogP contribution in [0, 0.1) is 5.92 Å². The quantitative estimate of drug-likeness (QED) is 0.313. The van der Waals surface area contributed by atoms with Gasteiger partial charge in [-0.1, -0.05) is 68.4 Å². The van der Waals surface area contributed by atoms with Crippen molar-refractivity contribution >= 4 is 28.7 Å². The van der Waals surface area contributed by atoms with Crippen LogP contribution in [0.1, 0.15) is 55.0 Å². The van der Waals surface area contributed by atoms with Crippen molar-refractivity contribution in [2.45, 2.75) is 51.2 Å². The molecule has 0 aromatic heterocycles. The van der Waals surface area contributed by atoms with E-state index in [4.69, 9.17) is 0 Å². The number of carboxylic acids is 2. The lowest BCUT2D eigenvalue weighted by Gasteiger charge is -2.34. The van der Waals surface area contributed by atoms with Gasteiger partial charge in [0.1, 0.15) is 0 Å². The zero-order valence-corrected chi connectivity index (χ0v) is 21.7. The Labute approximate surface area is 221 Å². The van der Waals surface area contributed by atoms with Gasteiger partial charge in [0.2, 0.25) is 5.60 Å². The topological polar surface area (TPSA) is 127 Å². The number of carbonyl (C=O) groups is 3. The summed E-state index contributed by atoms with van der Waals surface area (Å²) in [6, 6.07) is 16.8. The molecule has 2 amide bonds. The van der Waals surface area contributed by atoms with Gasteiger partial charge in [0.15, 0.2) is 0 Å². The minimum absolute atomic E-state index is 0.0302. The molecule has 4 rings (SSSR count). The fraction of sp³-hybridized carbons (Fsp3) is 0.367. The summed E-state index contributed by atoms with van der Waals surface area (Å²) in [6.07, 6.45) is 2.36. The standard InChI is InChI=1S/C30H34N2O6/c1-19(2)17-32(18-30(38,28(35)36)25-13-12-21-8-5-9-23(21)15-25)29(37)31-26(16-27(33)34)24-11-10-20-6-3-4-7-22(20)14-24/h3-4,6-7,10-15,19,26,38H,5,8-9,16-18H2,1-2H3,(H,31,37)(H,33,34)(H,35,36). The number of hydrogen-bond acceptors (Lipinski definition) is 4. The maximum atomic E-state index is 13.5. The maximum Gasteiger partial charge on any atom is 0.342 e. The normalized spacial score (nSPS) is 15.1. The first-order chi connectivity index (χ1) is 18.1.